The molecule has 0 amide bonds. The lowest BCUT2D eigenvalue weighted by molar-refractivity contribution is 0.415. The number of hydrogen-bond acceptors (Lipinski definition) is 4. The Morgan fingerprint density at radius 1 is 1.35 bits per heavy atom. The Labute approximate surface area is 109 Å². The first-order valence-electron chi connectivity index (χ1n) is 5.16. The second-order valence-electron chi connectivity index (χ2n) is 3.60. The first-order valence-corrected chi connectivity index (χ1v) is 5.92. The molecule has 0 spiro atoms. The molecule has 0 aliphatic heterocycles. The summed E-state index contributed by atoms with van der Waals surface area (Å²) in [5.74, 6) is 0.885. The third-order valence-electron chi connectivity index (χ3n) is 2.38. The van der Waals surface area contributed by atoms with Crippen molar-refractivity contribution in [3.63, 3.8) is 0 Å². The molecule has 0 aliphatic carbocycles. The fraction of sp³-hybridized carbons (Fsp3) is 0.273. The second-order valence-corrected chi connectivity index (χ2v) is 4.42. The van der Waals surface area contributed by atoms with Gasteiger partial charge in [-0.25, -0.2) is 0 Å². The van der Waals surface area contributed by atoms with Crippen molar-refractivity contribution < 1.29 is 4.52 Å². The predicted molar refractivity (Wildman–Crippen MR) is 67.0 cm³/mol. The minimum absolute atomic E-state index is 0.213. The first-order chi connectivity index (χ1) is 8.11. The van der Waals surface area contributed by atoms with Crippen molar-refractivity contribution in [2.75, 3.05) is 0 Å². The Morgan fingerprint density at radius 2 is 2.12 bits per heavy atom. The SMILES string of the molecule is CCC(N)c1noc(-c2ccc(Cl)c(Cl)c2)n1. The van der Waals surface area contributed by atoms with E-state index in [1.165, 1.54) is 0 Å². The van der Waals surface area contributed by atoms with Crippen LogP contribution in [0.1, 0.15) is 25.2 Å². The molecule has 0 radical (unpaired) electrons. The molecule has 0 saturated carbocycles. The lowest BCUT2D eigenvalue weighted by atomic mass is 10.2. The van der Waals surface area contributed by atoms with Gasteiger partial charge < -0.3 is 10.3 Å². The quantitative estimate of drug-likeness (QED) is 0.929. The molecule has 0 aliphatic rings. The fourth-order valence-corrected chi connectivity index (χ4v) is 1.61. The number of benzene rings is 1. The highest BCUT2D eigenvalue weighted by atomic mass is 35.5. The smallest absolute Gasteiger partial charge is 0.258 e. The fourth-order valence-electron chi connectivity index (χ4n) is 1.31. The van der Waals surface area contributed by atoms with Crippen molar-refractivity contribution in [2.45, 2.75) is 19.4 Å². The lowest BCUT2D eigenvalue weighted by Gasteiger charge is -2.00. The molecule has 1 aromatic heterocycles. The maximum absolute atomic E-state index is 5.91. The van der Waals surface area contributed by atoms with Gasteiger partial charge in [-0.1, -0.05) is 35.3 Å². The van der Waals surface area contributed by atoms with Crippen molar-refractivity contribution in [1.82, 2.24) is 10.1 Å². The average Bonchev–Trinajstić information content (AvgIpc) is 2.81. The van der Waals surface area contributed by atoms with Crippen LogP contribution in [0.25, 0.3) is 11.5 Å². The van der Waals surface area contributed by atoms with Crippen molar-refractivity contribution >= 4 is 23.2 Å². The molecule has 6 heteroatoms. The summed E-state index contributed by atoms with van der Waals surface area (Å²) in [5.41, 5.74) is 6.53. The third-order valence-corrected chi connectivity index (χ3v) is 3.12. The Hall–Kier alpha value is -1.10. The summed E-state index contributed by atoms with van der Waals surface area (Å²) < 4.78 is 5.13. The molecule has 0 fully saturated rings. The van der Waals surface area contributed by atoms with Crippen LogP contribution in [0.4, 0.5) is 0 Å². The second kappa shape index (κ2) is 5.04. The van der Waals surface area contributed by atoms with Gasteiger partial charge in [0.1, 0.15) is 0 Å². The maximum atomic E-state index is 5.91. The minimum Gasteiger partial charge on any atom is -0.334 e. The molecule has 90 valence electrons. The van der Waals surface area contributed by atoms with E-state index in [0.717, 1.165) is 12.0 Å². The van der Waals surface area contributed by atoms with E-state index in [9.17, 15) is 0 Å². The largest absolute Gasteiger partial charge is 0.334 e. The summed E-state index contributed by atoms with van der Waals surface area (Å²) in [6.45, 7) is 1.96. The number of aromatic nitrogens is 2. The van der Waals surface area contributed by atoms with Gasteiger partial charge in [0.2, 0.25) is 0 Å². The van der Waals surface area contributed by atoms with E-state index in [0.29, 0.717) is 21.8 Å². The summed E-state index contributed by atoms with van der Waals surface area (Å²) in [5, 5.41) is 4.76. The Bertz CT molecular complexity index is 527. The van der Waals surface area contributed by atoms with Crippen LogP contribution in [-0.4, -0.2) is 10.1 Å². The zero-order chi connectivity index (χ0) is 12.4. The molecule has 2 N–H and O–H groups in total. The monoisotopic (exact) mass is 271 g/mol. The summed E-state index contributed by atoms with van der Waals surface area (Å²) in [6, 6.07) is 4.92. The topological polar surface area (TPSA) is 64.9 Å². The Morgan fingerprint density at radius 3 is 2.76 bits per heavy atom. The van der Waals surface area contributed by atoms with E-state index < -0.39 is 0 Å². The zero-order valence-corrected chi connectivity index (χ0v) is 10.7. The van der Waals surface area contributed by atoms with E-state index in [1.807, 2.05) is 6.92 Å². The van der Waals surface area contributed by atoms with E-state index in [-0.39, 0.29) is 6.04 Å². The van der Waals surface area contributed by atoms with Crippen LogP contribution in [0.3, 0.4) is 0 Å². The van der Waals surface area contributed by atoms with E-state index in [4.69, 9.17) is 33.5 Å². The van der Waals surface area contributed by atoms with Gasteiger partial charge in [-0.05, 0) is 24.6 Å². The van der Waals surface area contributed by atoms with Crippen LogP contribution in [0.5, 0.6) is 0 Å². The third kappa shape index (κ3) is 2.60. The summed E-state index contributed by atoms with van der Waals surface area (Å²) >= 11 is 11.7. The highest BCUT2D eigenvalue weighted by Crippen LogP contribution is 2.28. The van der Waals surface area contributed by atoms with Crippen molar-refractivity contribution in [3.05, 3.63) is 34.1 Å². The summed E-state index contributed by atoms with van der Waals surface area (Å²) in [4.78, 5) is 4.22. The number of nitrogens with zero attached hydrogens (tertiary/aromatic N) is 2. The van der Waals surface area contributed by atoms with Gasteiger partial charge >= 0.3 is 0 Å². The predicted octanol–water partition coefficient (Wildman–Crippen LogP) is 3.45. The van der Waals surface area contributed by atoms with Gasteiger partial charge in [0, 0.05) is 5.56 Å². The van der Waals surface area contributed by atoms with Crippen molar-refractivity contribution in [3.8, 4) is 11.5 Å². The average molecular weight is 272 g/mol. The zero-order valence-electron chi connectivity index (χ0n) is 9.15. The molecule has 17 heavy (non-hydrogen) atoms. The molecule has 4 nitrogen and oxygen atoms in total. The van der Waals surface area contributed by atoms with Gasteiger partial charge in [0.25, 0.3) is 5.89 Å². The van der Waals surface area contributed by atoms with Crippen LogP contribution < -0.4 is 5.73 Å². The Balaban J connectivity index is 2.33. The van der Waals surface area contributed by atoms with Crippen LogP contribution in [0.15, 0.2) is 22.7 Å². The first kappa shape index (κ1) is 12.4. The van der Waals surface area contributed by atoms with Gasteiger partial charge in [-0.2, -0.15) is 4.98 Å². The molecule has 2 rings (SSSR count). The number of rotatable bonds is 3. The van der Waals surface area contributed by atoms with E-state index >= 15 is 0 Å². The molecule has 0 bridgehead atoms. The Kier molecular flexibility index (Phi) is 3.66. The molecule has 2 aromatic rings. The standard InChI is InChI=1S/C11H11Cl2N3O/c1-2-9(14)10-15-11(17-16-10)6-3-4-7(12)8(13)5-6/h3-5,9H,2,14H2,1H3. The molecular formula is C11H11Cl2N3O. The number of hydrogen-bond donors (Lipinski definition) is 1. The van der Waals surface area contributed by atoms with E-state index in [1.54, 1.807) is 18.2 Å². The number of nitrogens with two attached hydrogens (primary N) is 1. The van der Waals surface area contributed by atoms with Crippen LogP contribution in [-0.2, 0) is 0 Å². The molecule has 0 saturated heterocycles. The van der Waals surface area contributed by atoms with Crippen molar-refractivity contribution in [1.29, 1.82) is 0 Å². The van der Waals surface area contributed by atoms with Gasteiger partial charge in [0.05, 0.1) is 16.1 Å². The molecule has 1 unspecified atom stereocenters. The van der Waals surface area contributed by atoms with Gasteiger partial charge in [-0.15, -0.1) is 0 Å². The van der Waals surface area contributed by atoms with Crippen LogP contribution in [0, 0.1) is 0 Å². The maximum Gasteiger partial charge on any atom is 0.258 e. The highest BCUT2D eigenvalue weighted by molar-refractivity contribution is 6.42. The van der Waals surface area contributed by atoms with Crippen molar-refractivity contribution in [2.24, 2.45) is 5.73 Å². The molecule has 1 atom stereocenters. The number of halogens is 2. The summed E-state index contributed by atoms with van der Waals surface area (Å²) in [7, 11) is 0. The minimum atomic E-state index is -0.213. The lowest BCUT2D eigenvalue weighted by Crippen LogP contribution is -2.10. The summed E-state index contributed by atoms with van der Waals surface area (Å²) in [6.07, 6.45) is 0.750. The van der Waals surface area contributed by atoms with Gasteiger partial charge in [-0.3, -0.25) is 0 Å². The highest BCUT2D eigenvalue weighted by Gasteiger charge is 2.14. The van der Waals surface area contributed by atoms with Crippen LogP contribution in [0.2, 0.25) is 10.0 Å². The van der Waals surface area contributed by atoms with Crippen LogP contribution >= 0.6 is 23.2 Å². The van der Waals surface area contributed by atoms with Gasteiger partial charge in [0.15, 0.2) is 5.82 Å². The van der Waals surface area contributed by atoms with E-state index in [2.05, 4.69) is 10.1 Å². The normalized spacial score (nSPS) is 12.7. The molecule has 1 heterocycles. The molecule has 1 aromatic carbocycles. The molecular weight excluding hydrogens is 261 g/mol.